The molecule has 1 aliphatic rings. The molecule has 5 N–H and O–H groups in total. The van der Waals surface area contributed by atoms with Crippen molar-refractivity contribution in [2.24, 2.45) is 0 Å². The quantitative estimate of drug-likeness (QED) is 0.295. The van der Waals surface area contributed by atoms with Gasteiger partial charge in [-0.2, -0.15) is 5.09 Å². The van der Waals surface area contributed by atoms with Crippen LogP contribution in [0.3, 0.4) is 0 Å². The van der Waals surface area contributed by atoms with Crippen LogP contribution >= 0.6 is 7.75 Å². The van der Waals surface area contributed by atoms with E-state index >= 15 is 0 Å². The number of para-hydroxylation sites is 1. The molecule has 6 atom stereocenters. The Labute approximate surface area is 188 Å². The van der Waals surface area contributed by atoms with E-state index in [-0.39, 0.29) is 5.75 Å². The molecular weight excluding hydrogens is 461 g/mol. The molecule has 33 heavy (non-hydrogen) atoms. The molecule has 180 valence electrons. The Bertz CT molecular complexity index is 1200. The van der Waals surface area contributed by atoms with Crippen molar-refractivity contribution in [3.63, 3.8) is 0 Å². The first-order chi connectivity index (χ1) is 15.8. The van der Waals surface area contributed by atoms with Crippen LogP contribution in [0, 0.1) is 0 Å². The molecule has 1 saturated heterocycles. The number of aliphatic hydroxyl groups excluding tert-OH is 1. The van der Waals surface area contributed by atoms with Gasteiger partial charge in [-0.05, 0) is 26.0 Å². The number of nitrogens with zero attached hydrogens (tertiary/aromatic N) is 1. The Balaban J connectivity index is 1.84. The zero-order chi connectivity index (χ0) is 25.3. The number of hydrogen-bond donors (Lipinski definition) is 5. The lowest BCUT2D eigenvalue weighted by atomic mass is 9.96. The minimum atomic E-state index is -4.35. The number of aliphatic carboxylic acids is 1. The standard InChI is InChI=1S/C19H24N3O10P/c1-11(16(25)26)21-33(29,32-12-6-4-3-5-7-12)30-10-13-15(24)19(2,28)17(31-13)22-9-8-14(23)20-18(22)27/h3-9,11,13,15,17,24,28H,10H2,1-2H3,(H,21,29)(H,25,26)(H,20,23,27)/t11-,13+,15+,17+,19+,33?/m0/s1/i9D. The molecule has 0 bridgehead atoms. The number of carbonyl (C=O) groups is 1. The number of aromatic nitrogens is 2. The van der Waals surface area contributed by atoms with Gasteiger partial charge in [0.1, 0.15) is 29.6 Å². The fourth-order valence-electron chi connectivity index (χ4n) is 3.09. The summed E-state index contributed by atoms with van der Waals surface area (Å²) < 4.78 is 38.0. The van der Waals surface area contributed by atoms with Crippen molar-refractivity contribution in [3.8, 4) is 5.75 Å². The van der Waals surface area contributed by atoms with Crippen molar-refractivity contribution in [1.29, 1.82) is 0 Å². The van der Waals surface area contributed by atoms with Crippen LogP contribution in [0.25, 0.3) is 0 Å². The van der Waals surface area contributed by atoms with Gasteiger partial charge in [-0.15, -0.1) is 0 Å². The zero-order valence-corrected chi connectivity index (χ0v) is 18.5. The molecule has 1 fully saturated rings. The van der Waals surface area contributed by atoms with Gasteiger partial charge in [-0.1, -0.05) is 18.2 Å². The number of ether oxygens (including phenoxy) is 1. The molecule has 1 aromatic carbocycles. The van der Waals surface area contributed by atoms with E-state index in [2.05, 4.69) is 5.09 Å². The number of carboxylic acid groups (broad SMARTS) is 1. The number of hydrogen-bond acceptors (Lipinski definition) is 9. The maximum atomic E-state index is 13.3. The molecule has 14 heteroatoms. The van der Waals surface area contributed by atoms with E-state index in [0.29, 0.717) is 4.57 Å². The average Bonchev–Trinajstić information content (AvgIpc) is 2.96. The summed E-state index contributed by atoms with van der Waals surface area (Å²) in [4.78, 5) is 36.8. The lowest BCUT2D eigenvalue weighted by molar-refractivity contribution is -0.138. The predicted molar refractivity (Wildman–Crippen MR) is 113 cm³/mol. The van der Waals surface area contributed by atoms with Crippen LogP contribution in [0.15, 0.2) is 52.2 Å². The Morgan fingerprint density at radius 1 is 1.39 bits per heavy atom. The van der Waals surface area contributed by atoms with Gasteiger partial charge in [-0.3, -0.25) is 23.7 Å². The summed E-state index contributed by atoms with van der Waals surface area (Å²) in [5, 5.41) is 32.8. The van der Waals surface area contributed by atoms with Crippen molar-refractivity contribution in [3.05, 3.63) is 63.4 Å². The van der Waals surface area contributed by atoms with Gasteiger partial charge in [0.05, 0.1) is 7.98 Å². The Morgan fingerprint density at radius 2 is 2.06 bits per heavy atom. The van der Waals surface area contributed by atoms with E-state index in [4.69, 9.17) is 20.3 Å². The van der Waals surface area contributed by atoms with Crippen molar-refractivity contribution in [2.45, 2.75) is 43.9 Å². The van der Waals surface area contributed by atoms with Gasteiger partial charge in [0.15, 0.2) is 6.23 Å². The van der Waals surface area contributed by atoms with E-state index in [0.717, 1.165) is 13.0 Å². The van der Waals surface area contributed by atoms with E-state index in [1.54, 1.807) is 18.2 Å². The van der Waals surface area contributed by atoms with Crippen molar-refractivity contribution in [1.82, 2.24) is 14.6 Å². The summed E-state index contributed by atoms with van der Waals surface area (Å²) in [6, 6.07) is 7.22. The number of carboxylic acids is 1. The summed E-state index contributed by atoms with van der Waals surface area (Å²) in [7, 11) is -4.35. The number of benzene rings is 1. The normalized spacial score (nSPS) is 28.0. The minimum Gasteiger partial charge on any atom is -0.480 e. The first-order valence-corrected chi connectivity index (χ1v) is 11.3. The van der Waals surface area contributed by atoms with Gasteiger partial charge in [-0.25, -0.2) is 9.36 Å². The van der Waals surface area contributed by atoms with Crippen LogP contribution in [0.2, 0.25) is 0 Å². The van der Waals surface area contributed by atoms with Crippen LogP contribution < -0.4 is 20.9 Å². The van der Waals surface area contributed by atoms with Gasteiger partial charge in [0.25, 0.3) is 5.56 Å². The maximum Gasteiger partial charge on any atom is 0.459 e. The molecule has 0 amide bonds. The van der Waals surface area contributed by atoms with E-state index in [1.165, 1.54) is 19.1 Å². The van der Waals surface area contributed by atoms with Gasteiger partial charge in [0.2, 0.25) is 0 Å². The first-order valence-electron chi connectivity index (χ1n) is 10.2. The highest BCUT2D eigenvalue weighted by Gasteiger charge is 2.54. The molecule has 2 aromatic rings. The van der Waals surface area contributed by atoms with E-state index in [1.807, 2.05) is 4.98 Å². The predicted octanol–water partition coefficient (Wildman–Crippen LogP) is -0.188. The Kier molecular flexibility index (Phi) is 6.79. The average molecular weight is 486 g/mol. The van der Waals surface area contributed by atoms with Crippen molar-refractivity contribution >= 4 is 13.7 Å². The van der Waals surface area contributed by atoms with E-state index < -0.39 is 67.8 Å². The van der Waals surface area contributed by atoms with Gasteiger partial charge >= 0.3 is 19.4 Å². The molecule has 0 spiro atoms. The molecule has 2 heterocycles. The fraction of sp³-hybridized carbons (Fsp3) is 0.421. The van der Waals surface area contributed by atoms with E-state index in [9.17, 15) is 29.2 Å². The molecule has 0 radical (unpaired) electrons. The molecule has 1 unspecified atom stereocenters. The monoisotopic (exact) mass is 486 g/mol. The number of nitrogens with one attached hydrogen (secondary N) is 2. The molecule has 3 rings (SSSR count). The maximum absolute atomic E-state index is 13.3. The van der Waals surface area contributed by atoms with Crippen LogP contribution in [0.1, 0.15) is 21.4 Å². The van der Waals surface area contributed by atoms with Gasteiger partial charge < -0.3 is 24.6 Å². The van der Waals surface area contributed by atoms with Crippen molar-refractivity contribution < 1.29 is 39.8 Å². The third kappa shape index (κ3) is 5.58. The number of H-pyrrole nitrogens is 1. The first kappa shape index (κ1) is 23.4. The summed E-state index contributed by atoms with van der Waals surface area (Å²) >= 11 is 0. The fourth-order valence-corrected chi connectivity index (χ4v) is 4.60. The number of rotatable bonds is 9. The van der Waals surface area contributed by atoms with Crippen LogP contribution in [-0.4, -0.2) is 61.3 Å². The second-order valence-corrected chi connectivity index (χ2v) is 9.22. The Morgan fingerprint density at radius 3 is 2.67 bits per heavy atom. The summed E-state index contributed by atoms with van der Waals surface area (Å²) in [5.41, 5.74) is -4.01. The second kappa shape index (κ2) is 9.59. The third-order valence-corrected chi connectivity index (χ3v) is 6.52. The molecular formula is C19H24N3O10P. The van der Waals surface area contributed by atoms with Gasteiger partial charge in [0, 0.05) is 12.2 Å². The minimum absolute atomic E-state index is 0.104. The zero-order valence-electron chi connectivity index (χ0n) is 18.6. The molecule has 1 aromatic heterocycles. The van der Waals surface area contributed by atoms with Crippen molar-refractivity contribution in [2.75, 3.05) is 6.61 Å². The lowest BCUT2D eigenvalue weighted by Crippen LogP contribution is -2.47. The van der Waals surface area contributed by atoms with Crippen LogP contribution in [-0.2, 0) is 18.6 Å². The highest BCUT2D eigenvalue weighted by Crippen LogP contribution is 2.46. The summed E-state index contributed by atoms with van der Waals surface area (Å²) in [6.07, 6.45) is -5.26. The summed E-state index contributed by atoms with van der Waals surface area (Å²) in [6.45, 7) is 1.69. The summed E-state index contributed by atoms with van der Waals surface area (Å²) in [5.74, 6) is -1.23. The Hall–Kier alpha value is -2.80. The third-order valence-electron chi connectivity index (χ3n) is 4.87. The number of aliphatic hydroxyl groups is 2. The molecule has 1 aliphatic heterocycles. The topological polar surface area (TPSA) is 189 Å². The molecule has 0 saturated carbocycles. The molecule has 0 aliphatic carbocycles. The highest BCUT2D eigenvalue weighted by molar-refractivity contribution is 7.52. The smallest absolute Gasteiger partial charge is 0.459 e. The highest BCUT2D eigenvalue weighted by atomic mass is 31.2. The largest absolute Gasteiger partial charge is 0.480 e. The second-order valence-electron chi connectivity index (χ2n) is 7.52. The number of aromatic amines is 1. The molecule has 13 nitrogen and oxygen atoms in total. The van der Waals surface area contributed by atoms with Crippen LogP contribution in [0.5, 0.6) is 5.75 Å². The van der Waals surface area contributed by atoms with Crippen LogP contribution in [0.4, 0.5) is 0 Å². The SMILES string of the molecule is [2H]c1cc(=O)[nH]c(=O)n1[C@@H]1O[C@H](COP(=O)(N[C@@H](C)C(=O)O)Oc2ccccc2)[C@@H](O)[C@@]1(C)O. The lowest BCUT2D eigenvalue weighted by Gasteiger charge is -2.27.